The maximum absolute atomic E-state index is 15.2. The number of nitriles is 1. The van der Waals surface area contributed by atoms with E-state index in [0.29, 0.717) is 12.0 Å². The Morgan fingerprint density at radius 2 is 1.58 bits per heavy atom. The molecule has 1 atom stereocenters. The molecule has 0 saturated heterocycles. The smallest absolute Gasteiger partial charge is 0.129 e. The molecule has 1 nitrogen and oxygen atoms in total. The zero-order valence-corrected chi connectivity index (χ0v) is 20.0. The summed E-state index contributed by atoms with van der Waals surface area (Å²) in [5.41, 5.74) is 4.02. The van der Waals surface area contributed by atoms with Gasteiger partial charge in [0.15, 0.2) is 0 Å². The molecule has 1 unspecified atom stereocenters. The van der Waals surface area contributed by atoms with Gasteiger partial charge >= 0.3 is 0 Å². The monoisotopic (exact) mass is 449 g/mol. The molecule has 4 rings (SSSR count). The number of aryl methyl sites for hydroxylation is 1. The molecule has 3 heteroatoms. The van der Waals surface area contributed by atoms with Crippen LogP contribution in [0.25, 0.3) is 0 Å². The third-order valence-corrected chi connectivity index (χ3v) is 8.11. The topological polar surface area (TPSA) is 23.8 Å². The Kier molecular flexibility index (Phi) is 8.18. The average molecular weight is 450 g/mol. The molecule has 2 aromatic rings. The van der Waals surface area contributed by atoms with Crippen molar-refractivity contribution in [2.24, 2.45) is 5.92 Å². The molecular weight excluding hydrogens is 412 g/mol. The molecule has 1 saturated carbocycles. The minimum Gasteiger partial charge on any atom is -0.207 e. The van der Waals surface area contributed by atoms with Crippen molar-refractivity contribution in [2.45, 2.75) is 102 Å². The molecule has 0 radical (unpaired) electrons. The van der Waals surface area contributed by atoms with Gasteiger partial charge < -0.3 is 0 Å². The summed E-state index contributed by atoms with van der Waals surface area (Å²) in [6.07, 6.45) is 14.6. The van der Waals surface area contributed by atoms with Gasteiger partial charge in [-0.25, -0.2) is 8.78 Å². The van der Waals surface area contributed by atoms with Crippen LogP contribution in [0.3, 0.4) is 0 Å². The molecule has 0 bridgehead atoms. The third-order valence-electron chi connectivity index (χ3n) is 8.11. The van der Waals surface area contributed by atoms with Crippen LogP contribution in [0.1, 0.15) is 117 Å². The van der Waals surface area contributed by atoms with Crippen molar-refractivity contribution in [2.75, 3.05) is 0 Å². The molecule has 0 aromatic heterocycles. The first kappa shape index (κ1) is 23.9. The van der Waals surface area contributed by atoms with Gasteiger partial charge in [0.1, 0.15) is 11.6 Å². The van der Waals surface area contributed by atoms with Gasteiger partial charge in [0.25, 0.3) is 0 Å². The lowest BCUT2D eigenvalue weighted by atomic mass is 9.75. The van der Waals surface area contributed by atoms with Gasteiger partial charge in [-0.15, -0.1) is 0 Å². The molecule has 0 amide bonds. The summed E-state index contributed by atoms with van der Waals surface area (Å²) >= 11 is 0. The summed E-state index contributed by atoms with van der Waals surface area (Å²) in [7, 11) is 0. The zero-order chi connectivity index (χ0) is 23.2. The van der Waals surface area contributed by atoms with Crippen LogP contribution in [-0.2, 0) is 12.8 Å². The van der Waals surface area contributed by atoms with Crippen molar-refractivity contribution in [1.82, 2.24) is 0 Å². The number of rotatable bonds is 8. The SMILES string of the molecule is CCCCCCCC1CCC(c2cc(F)c(C3CCc4cc(C#N)ccc4C3)c(F)c2)CC1. The Labute approximate surface area is 198 Å². The second-order valence-electron chi connectivity index (χ2n) is 10.4. The van der Waals surface area contributed by atoms with E-state index in [1.54, 1.807) is 18.2 Å². The maximum Gasteiger partial charge on any atom is 0.129 e. The first-order valence-corrected chi connectivity index (χ1v) is 13.1. The molecule has 0 spiro atoms. The van der Waals surface area contributed by atoms with Gasteiger partial charge in [-0.2, -0.15) is 5.26 Å². The normalized spacial score (nSPS) is 22.5. The molecule has 0 aliphatic heterocycles. The Hall–Kier alpha value is -2.21. The molecule has 1 fully saturated rings. The number of fused-ring (bicyclic) bond motifs is 1. The van der Waals surface area contributed by atoms with Gasteiger partial charge in [-0.3, -0.25) is 0 Å². The second kappa shape index (κ2) is 11.3. The van der Waals surface area contributed by atoms with E-state index >= 15 is 8.78 Å². The number of hydrogen-bond acceptors (Lipinski definition) is 1. The lowest BCUT2D eigenvalue weighted by molar-refractivity contribution is 0.301. The van der Waals surface area contributed by atoms with E-state index in [2.05, 4.69) is 13.0 Å². The number of hydrogen-bond donors (Lipinski definition) is 0. The van der Waals surface area contributed by atoms with Crippen LogP contribution in [-0.4, -0.2) is 0 Å². The van der Waals surface area contributed by atoms with E-state index in [1.807, 2.05) is 12.1 Å². The Morgan fingerprint density at radius 3 is 2.27 bits per heavy atom. The summed E-state index contributed by atoms with van der Waals surface area (Å²) in [6.45, 7) is 2.25. The summed E-state index contributed by atoms with van der Waals surface area (Å²) < 4.78 is 30.4. The Balaban J connectivity index is 1.37. The zero-order valence-electron chi connectivity index (χ0n) is 20.0. The highest BCUT2D eigenvalue weighted by Gasteiger charge is 2.28. The second-order valence-corrected chi connectivity index (χ2v) is 10.4. The van der Waals surface area contributed by atoms with Gasteiger partial charge in [-0.05, 0) is 104 Å². The summed E-state index contributed by atoms with van der Waals surface area (Å²) in [5, 5.41) is 9.11. The molecule has 2 aromatic carbocycles. The van der Waals surface area contributed by atoms with Crippen LogP contribution >= 0.6 is 0 Å². The van der Waals surface area contributed by atoms with Gasteiger partial charge in [0, 0.05) is 5.56 Å². The van der Waals surface area contributed by atoms with Crippen LogP contribution in [0.2, 0.25) is 0 Å². The molecule has 33 heavy (non-hydrogen) atoms. The summed E-state index contributed by atoms with van der Waals surface area (Å²) in [5.74, 6) is 0.204. The highest BCUT2D eigenvalue weighted by Crippen LogP contribution is 2.41. The number of unbranched alkanes of at least 4 members (excludes halogenated alkanes) is 4. The molecular formula is C30H37F2N. The van der Waals surface area contributed by atoms with Crippen LogP contribution < -0.4 is 0 Å². The van der Waals surface area contributed by atoms with Crippen molar-refractivity contribution in [1.29, 1.82) is 5.26 Å². The van der Waals surface area contributed by atoms with E-state index in [-0.39, 0.29) is 29.0 Å². The lowest BCUT2D eigenvalue weighted by Gasteiger charge is -2.30. The van der Waals surface area contributed by atoms with Crippen LogP contribution in [0, 0.1) is 28.9 Å². The Morgan fingerprint density at radius 1 is 0.848 bits per heavy atom. The van der Waals surface area contributed by atoms with Crippen LogP contribution in [0.15, 0.2) is 30.3 Å². The number of benzene rings is 2. The molecule has 0 heterocycles. The van der Waals surface area contributed by atoms with E-state index in [0.717, 1.165) is 48.3 Å². The van der Waals surface area contributed by atoms with Gasteiger partial charge in [-0.1, -0.05) is 51.5 Å². The fourth-order valence-corrected chi connectivity index (χ4v) is 6.12. The molecule has 176 valence electrons. The third kappa shape index (κ3) is 5.84. The largest absolute Gasteiger partial charge is 0.207 e. The molecule has 0 N–H and O–H groups in total. The van der Waals surface area contributed by atoms with E-state index in [9.17, 15) is 0 Å². The van der Waals surface area contributed by atoms with Crippen molar-refractivity contribution in [3.63, 3.8) is 0 Å². The van der Waals surface area contributed by atoms with E-state index in [4.69, 9.17) is 5.26 Å². The number of nitrogens with zero attached hydrogens (tertiary/aromatic N) is 1. The fourth-order valence-electron chi connectivity index (χ4n) is 6.12. The predicted molar refractivity (Wildman–Crippen MR) is 130 cm³/mol. The Bertz CT molecular complexity index is 958. The number of halogens is 2. The minimum absolute atomic E-state index is 0.136. The van der Waals surface area contributed by atoms with E-state index in [1.165, 1.54) is 51.4 Å². The fraction of sp³-hybridized carbons (Fsp3) is 0.567. The van der Waals surface area contributed by atoms with Crippen molar-refractivity contribution < 1.29 is 8.78 Å². The maximum atomic E-state index is 15.2. The van der Waals surface area contributed by atoms with Crippen molar-refractivity contribution >= 4 is 0 Å². The van der Waals surface area contributed by atoms with Crippen LogP contribution in [0.4, 0.5) is 8.78 Å². The van der Waals surface area contributed by atoms with Crippen molar-refractivity contribution in [3.8, 4) is 6.07 Å². The lowest BCUT2D eigenvalue weighted by Crippen LogP contribution is -2.17. The quantitative estimate of drug-likeness (QED) is 0.370. The molecule has 2 aliphatic rings. The van der Waals surface area contributed by atoms with E-state index < -0.39 is 0 Å². The standard InChI is InChI=1S/C30H37F2N/c1-2-3-4-5-6-7-21-8-11-23(12-9-21)27-18-28(31)30(29(32)19-27)26-15-14-24-16-22(20-33)10-13-25(24)17-26/h10,13,16,18-19,21,23,26H,2-9,11-12,14-15,17H2,1H3. The minimum atomic E-state index is -0.370. The van der Waals surface area contributed by atoms with Crippen LogP contribution in [0.5, 0.6) is 0 Å². The first-order chi connectivity index (χ1) is 16.1. The summed E-state index contributed by atoms with van der Waals surface area (Å²) in [4.78, 5) is 0. The summed E-state index contributed by atoms with van der Waals surface area (Å²) in [6, 6.07) is 11.1. The van der Waals surface area contributed by atoms with Gasteiger partial charge in [0.2, 0.25) is 0 Å². The highest BCUT2D eigenvalue weighted by atomic mass is 19.1. The van der Waals surface area contributed by atoms with Gasteiger partial charge in [0.05, 0.1) is 11.6 Å². The highest BCUT2D eigenvalue weighted by molar-refractivity contribution is 5.42. The first-order valence-electron chi connectivity index (χ1n) is 13.1. The predicted octanol–water partition coefficient (Wildman–Crippen LogP) is 8.74. The average Bonchev–Trinajstić information content (AvgIpc) is 2.83. The molecule has 2 aliphatic carbocycles. The van der Waals surface area contributed by atoms with Crippen molar-refractivity contribution in [3.05, 3.63) is 69.8 Å².